The fourth-order valence-corrected chi connectivity index (χ4v) is 2.17. The molecule has 2 heterocycles. The fourth-order valence-electron chi connectivity index (χ4n) is 2.17. The van der Waals surface area contributed by atoms with Crippen molar-refractivity contribution in [3.05, 3.63) is 23.7 Å². The molecule has 2 fully saturated rings. The van der Waals surface area contributed by atoms with Crippen LogP contribution in [0.1, 0.15) is 30.8 Å². The zero-order chi connectivity index (χ0) is 12.2. The molecule has 1 aliphatic heterocycles. The van der Waals surface area contributed by atoms with E-state index in [-0.39, 0.29) is 0 Å². The molecule has 1 saturated carbocycles. The summed E-state index contributed by atoms with van der Waals surface area (Å²) in [5, 5.41) is 3.44. The Balaban J connectivity index is 1.36. The summed E-state index contributed by atoms with van der Waals surface area (Å²) in [5.74, 6) is 2.49. The van der Waals surface area contributed by atoms with Gasteiger partial charge in [0.05, 0.1) is 19.8 Å². The summed E-state index contributed by atoms with van der Waals surface area (Å²) in [7, 11) is 0. The van der Waals surface area contributed by atoms with Gasteiger partial charge in [-0.1, -0.05) is 0 Å². The quantitative estimate of drug-likeness (QED) is 0.806. The van der Waals surface area contributed by atoms with Crippen molar-refractivity contribution in [2.75, 3.05) is 19.8 Å². The first-order valence-corrected chi connectivity index (χ1v) is 6.86. The first kappa shape index (κ1) is 12.2. The third-order valence-corrected chi connectivity index (χ3v) is 3.48. The van der Waals surface area contributed by atoms with Crippen LogP contribution < -0.4 is 5.32 Å². The van der Waals surface area contributed by atoms with Crippen molar-refractivity contribution in [3.63, 3.8) is 0 Å². The van der Waals surface area contributed by atoms with E-state index < -0.39 is 0 Å². The van der Waals surface area contributed by atoms with E-state index >= 15 is 0 Å². The maximum atomic E-state index is 5.71. The van der Waals surface area contributed by atoms with E-state index in [0.717, 1.165) is 50.3 Å². The summed E-state index contributed by atoms with van der Waals surface area (Å²) >= 11 is 0. The minimum absolute atomic E-state index is 0.566. The van der Waals surface area contributed by atoms with Gasteiger partial charge in [-0.3, -0.25) is 0 Å². The molecule has 1 aromatic heterocycles. The predicted molar refractivity (Wildman–Crippen MR) is 67.2 cm³/mol. The van der Waals surface area contributed by atoms with Gasteiger partial charge in [-0.15, -0.1) is 0 Å². The van der Waals surface area contributed by atoms with Gasteiger partial charge in [0.15, 0.2) is 0 Å². The molecule has 2 aliphatic rings. The molecule has 0 radical (unpaired) electrons. The normalized spacial score (nSPS) is 23.7. The lowest BCUT2D eigenvalue weighted by molar-refractivity contribution is 0.0685. The lowest BCUT2D eigenvalue weighted by Gasteiger charge is -2.07. The molecule has 0 spiro atoms. The SMILES string of the molecule is c1cc(COCC2CCOC2)oc1CNC1CC1. The second kappa shape index (κ2) is 5.87. The van der Waals surface area contributed by atoms with Gasteiger partial charge >= 0.3 is 0 Å². The van der Waals surface area contributed by atoms with Crippen LogP contribution in [-0.2, 0) is 22.6 Å². The van der Waals surface area contributed by atoms with Crippen molar-refractivity contribution in [2.45, 2.75) is 38.5 Å². The molecule has 100 valence electrons. The molecule has 1 aliphatic carbocycles. The molecule has 1 N–H and O–H groups in total. The Hall–Kier alpha value is -0.840. The van der Waals surface area contributed by atoms with Crippen molar-refractivity contribution >= 4 is 0 Å². The summed E-state index contributed by atoms with van der Waals surface area (Å²) in [6.07, 6.45) is 3.73. The Labute approximate surface area is 108 Å². The van der Waals surface area contributed by atoms with Crippen LogP contribution in [0.2, 0.25) is 0 Å². The van der Waals surface area contributed by atoms with Crippen LogP contribution in [-0.4, -0.2) is 25.9 Å². The second-order valence-corrected chi connectivity index (χ2v) is 5.27. The third-order valence-electron chi connectivity index (χ3n) is 3.48. The zero-order valence-corrected chi connectivity index (χ0v) is 10.7. The third kappa shape index (κ3) is 3.57. The standard InChI is InChI=1S/C14H21NO3/c1-2-12(1)15-7-13-3-4-14(18-13)10-17-9-11-5-6-16-8-11/h3-4,11-12,15H,1-2,5-10H2. The highest BCUT2D eigenvalue weighted by Crippen LogP contribution is 2.20. The largest absolute Gasteiger partial charge is 0.462 e. The van der Waals surface area contributed by atoms with Crippen molar-refractivity contribution in [2.24, 2.45) is 5.92 Å². The molecule has 1 saturated heterocycles. The summed E-state index contributed by atoms with van der Waals surface area (Å²) in [6.45, 7) is 3.90. The molecule has 1 unspecified atom stereocenters. The van der Waals surface area contributed by atoms with Crippen LogP contribution in [0.3, 0.4) is 0 Å². The molecule has 0 amide bonds. The lowest BCUT2D eigenvalue weighted by Crippen LogP contribution is -2.14. The molecule has 18 heavy (non-hydrogen) atoms. The Morgan fingerprint density at radius 1 is 1.22 bits per heavy atom. The minimum Gasteiger partial charge on any atom is -0.462 e. The van der Waals surface area contributed by atoms with E-state index in [0.29, 0.717) is 12.5 Å². The van der Waals surface area contributed by atoms with Crippen molar-refractivity contribution < 1.29 is 13.9 Å². The van der Waals surface area contributed by atoms with E-state index in [1.165, 1.54) is 12.8 Å². The number of ether oxygens (including phenoxy) is 2. The van der Waals surface area contributed by atoms with Crippen molar-refractivity contribution in [1.82, 2.24) is 5.32 Å². The molecule has 0 aromatic carbocycles. The molecule has 4 heteroatoms. The monoisotopic (exact) mass is 251 g/mol. The van der Waals surface area contributed by atoms with Gasteiger partial charge in [-0.05, 0) is 31.4 Å². The van der Waals surface area contributed by atoms with Crippen molar-refractivity contribution in [1.29, 1.82) is 0 Å². The van der Waals surface area contributed by atoms with Crippen LogP contribution in [0.15, 0.2) is 16.5 Å². The highest BCUT2D eigenvalue weighted by atomic mass is 16.5. The predicted octanol–water partition coefficient (Wildman–Crippen LogP) is 2.08. The Bertz CT molecular complexity index is 367. The molecular formula is C14H21NO3. The van der Waals surface area contributed by atoms with Gasteiger partial charge in [0.2, 0.25) is 0 Å². The first-order chi connectivity index (χ1) is 8.90. The van der Waals surface area contributed by atoms with Gasteiger partial charge in [0, 0.05) is 18.6 Å². The smallest absolute Gasteiger partial charge is 0.129 e. The topological polar surface area (TPSA) is 43.6 Å². The van der Waals surface area contributed by atoms with E-state index in [2.05, 4.69) is 5.32 Å². The Morgan fingerprint density at radius 2 is 2.11 bits per heavy atom. The number of furan rings is 1. The second-order valence-electron chi connectivity index (χ2n) is 5.27. The van der Waals surface area contributed by atoms with E-state index in [9.17, 15) is 0 Å². The van der Waals surface area contributed by atoms with E-state index in [1.807, 2.05) is 12.1 Å². The van der Waals surface area contributed by atoms with Gasteiger partial charge < -0.3 is 19.2 Å². The average molecular weight is 251 g/mol. The fraction of sp³-hybridized carbons (Fsp3) is 0.714. The van der Waals surface area contributed by atoms with Crippen molar-refractivity contribution in [3.8, 4) is 0 Å². The van der Waals surface area contributed by atoms with E-state index in [4.69, 9.17) is 13.9 Å². The van der Waals surface area contributed by atoms with Crippen LogP contribution in [0.4, 0.5) is 0 Å². The molecular weight excluding hydrogens is 230 g/mol. The number of rotatable bonds is 7. The highest BCUT2D eigenvalue weighted by molar-refractivity contribution is 5.06. The summed E-state index contributed by atoms with van der Waals surface area (Å²) < 4.78 is 16.7. The van der Waals surface area contributed by atoms with E-state index in [1.54, 1.807) is 0 Å². The Morgan fingerprint density at radius 3 is 2.89 bits per heavy atom. The summed E-state index contributed by atoms with van der Waals surface area (Å²) in [5.41, 5.74) is 0. The molecule has 0 bridgehead atoms. The number of hydrogen-bond donors (Lipinski definition) is 1. The van der Waals surface area contributed by atoms with Crippen LogP contribution in [0, 0.1) is 5.92 Å². The molecule has 3 rings (SSSR count). The maximum Gasteiger partial charge on any atom is 0.129 e. The first-order valence-electron chi connectivity index (χ1n) is 6.86. The van der Waals surface area contributed by atoms with Gasteiger partial charge in [-0.25, -0.2) is 0 Å². The minimum atomic E-state index is 0.566. The highest BCUT2D eigenvalue weighted by Gasteiger charge is 2.20. The maximum absolute atomic E-state index is 5.71. The number of hydrogen-bond acceptors (Lipinski definition) is 4. The Kier molecular flexibility index (Phi) is 3.98. The van der Waals surface area contributed by atoms with Crippen LogP contribution in [0.5, 0.6) is 0 Å². The summed E-state index contributed by atoms with van der Waals surface area (Å²) in [6, 6.07) is 4.76. The molecule has 4 nitrogen and oxygen atoms in total. The van der Waals surface area contributed by atoms with Gasteiger partial charge in [0.1, 0.15) is 18.1 Å². The summed E-state index contributed by atoms with van der Waals surface area (Å²) in [4.78, 5) is 0. The molecule has 1 atom stereocenters. The van der Waals surface area contributed by atoms with Gasteiger partial charge in [-0.2, -0.15) is 0 Å². The number of nitrogens with one attached hydrogen (secondary N) is 1. The lowest BCUT2D eigenvalue weighted by atomic mass is 10.1. The van der Waals surface area contributed by atoms with Gasteiger partial charge in [0.25, 0.3) is 0 Å². The van der Waals surface area contributed by atoms with Crippen LogP contribution in [0.25, 0.3) is 0 Å². The van der Waals surface area contributed by atoms with Crippen LogP contribution >= 0.6 is 0 Å². The average Bonchev–Trinajstić information content (AvgIpc) is 2.89. The zero-order valence-electron chi connectivity index (χ0n) is 10.7. The molecule has 1 aromatic rings.